The first kappa shape index (κ1) is 14.5. The van der Waals surface area contributed by atoms with Crippen LogP contribution in [-0.4, -0.2) is 13.0 Å². The fourth-order valence-corrected chi connectivity index (χ4v) is 2.24. The van der Waals surface area contributed by atoms with E-state index in [1.165, 1.54) is 12.1 Å². The molecule has 0 saturated heterocycles. The minimum atomic E-state index is -0.280. The number of amides is 1. The van der Waals surface area contributed by atoms with Gasteiger partial charge in [0.1, 0.15) is 5.82 Å². The molecule has 0 saturated carbocycles. The Hall–Kier alpha value is -1.88. The Bertz CT molecular complexity index is 614. The van der Waals surface area contributed by atoms with E-state index >= 15 is 0 Å². The van der Waals surface area contributed by atoms with Gasteiger partial charge in [-0.05, 0) is 51.8 Å². The number of hydrogen-bond acceptors (Lipinski definition) is 2. The quantitative estimate of drug-likeness (QED) is 0.896. The van der Waals surface area contributed by atoms with E-state index in [9.17, 15) is 9.18 Å². The summed E-state index contributed by atoms with van der Waals surface area (Å²) < 4.78 is 13.6. The minimum Gasteiger partial charge on any atom is -0.380 e. The summed E-state index contributed by atoms with van der Waals surface area (Å²) in [6.45, 7) is 0.595. The highest BCUT2D eigenvalue weighted by Crippen LogP contribution is 2.23. The van der Waals surface area contributed by atoms with Crippen LogP contribution in [-0.2, 0) is 6.54 Å². The Morgan fingerprint density at radius 2 is 1.90 bits per heavy atom. The number of carbonyl (C=O) groups is 1. The van der Waals surface area contributed by atoms with Gasteiger partial charge in [0.25, 0.3) is 5.91 Å². The monoisotopic (exact) mass is 336 g/mol. The minimum absolute atomic E-state index is 0.106. The zero-order valence-electron chi connectivity index (χ0n) is 10.9. The third-order valence-electron chi connectivity index (χ3n) is 2.86. The van der Waals surface area contributed by atoms with Crippen LogP contribution in [0.4, 0.5) is 10.1 Å². The summed E-state index contributed by atoms with van der Waals surface area (Å²) >= 11 is 3.31. The van der Waals surface area contributed by atoms with Gasteiger partial charge in [0.05, 0.1) is 0 Å². The Kier molecular flexibility index (Phi) is 4.74. The number of rotatable bonds is 4. The summed E-state index contributed by atoms with van der Waals surface area (Å²) in [5.74, 6) is -0.386. The third-order valence-corrected chi connectivity index (χ3v) is 3.51. The van der Waals surface area contributed by atoms with E-state index in [2.05, 4.69) is 26.6 Å². The van der Waals surface area contributed by atoms with Crippen molar-refractivity contribution < 1.29 is 9.18 Å². The lowest BCUT2D eigenvalue weighted by Gasteiger charge is -2.09. The molecule has 0 unspecified atom stereocenters. The molecule has 0 aromatic heterocycles. The van der Waals surface area contributed by atoms with E-state index in [0.717, 1.165) is 11.3 Å². The van der Waals surface area contributed by atoms with Crippen molar-refractivity contribution in [3.8, 4) is 0 Å². The van der Waals surface area contributed by atoms with Crippen LogP contribution in [0.5, 0.6) is 0 Å². The van der Waals surface area contributed by atoms with E-state index in [-0.39, 0.29) is 11.7 Å². The van der Waals surface area contributed by atoms with E-state index in [0.29, 0.717) is 16.6 Å². The molecule has 0 aliphatic rings. The molecule has 20 heavy (non-hydrogen) atoms. The molecule has 5 heteroatoms. The molecule has 0 heterocycles. The molecule has 2 aromatic carbocycles. The smallest absolute Gasteiger partial charge is 0.251 e. The predicted octanol–water partition coefficient (Wildman–Crippen LogP) is 3.56. The molecule has 0 bridgehead atoms. The van der Waals surface area contributed by atoms with Gasteiger partial charge in [-0.15, -0.1) is 0 Å². The molecule has 3 nitrogen and oxygen atoms in total. The molecular formula is C15H14BrFN2O. The van der Waals surface area contributed by atoms with Gasteiger partial charge in [0.2, 0.25) is 0 Å². The second-order valence-electron chi connectivity index (χ2n) is 4.25. The molecule has 0 aliphatic carbocycles. The molecule has 1 amide bonds. The van der Waals surface area contributed by atoms with Crippen molar-refractivity contribution >= 4 is 27.5 Å². The molecule has 104 valence electrons. The van der Waals surface area contributed by atoms with Crippen LogP contribution in [0, 0.1) is 5.82 Å². The van der Waals surface area contributed by atoms with Crippen molar-refractivity contribution in [2.45, 2.75) is 6.54 Å². The van der Waals surface area contributed by atoms with Gasteiger partial charge in [0, 0.05) is 29.3 Å². The number of benzene rings is 2. The SMILES string of the molecule is CNC(=O)c1ccc(CNc2ccc(F)cc2Br)cc1. The molecule has 2 aromatic rings. The van der Waals surface area contributed by atoms with Gasteiger partial charge in [-0.25, -0.2) is 4.39 Å². The number of carbonyl (C=O) groups excluding carboxylic acids is 1. The number of hydrogen-bond donors (Lipinski definition) is 2. The van der Waals surface area contributed by atoms with E-state index < -0.39 is 0 Å². The van der Waals surface area contributed by atoms with Crippen LogP contribution in [0.1, 0.15) is 15.9 Å². The molecule has 0 radical (unpaired) electrons. The van der Waals surface area contributed by atoms with Crippen molar-refractivity contribution in [3.63, 3.8) is 0 Å². The molecular weight excluding hydrogens is 323 g/mol. The number of nitrogens with one attached hydrogen (secondary N) is 2. The van der Waals surface area contributed by atoms with Crippen LogP contribution >= 0.6 is 15.9 Å². The van der Waals surface area contributed by atoms with Crippen LogP contribution < -0.4 is 10.6 Å². The van der Waals surface area contributed by atoms with Crippen LogP contribution in [0.15, 0.2) is 46.9 Å². The van der Waals surface area contributed by atoms with Crippen LogP contribution in [0.25, 0.3) is 0 Å². The van der Waals surface area contributed by atoms with Crippen molar-refractivity contribution in [1.82, 2.24) is 5.32 Å². The lowest BCUT2D eigenvalue weighted by molar-refractivity contribution is 0.0963. The highest BCUT2D eigenvalue weighted by Gasteiger charge is 2.04. The van der Waals surface area contributed by atoms with Crippen molar-refractivity contribution in [1.29, 1.82) is 0 Å². The Balaban J connectivity index is 2.02. The summed E-state index contributed by atoms with van der Waals surface area (Å²) in [5.41, 5.74) is 2.48. The van der Waals surface area contributed by atoms with Gasteiger partial charge in [-0.2, -0.15) is 0 Å². The summed E-state index contributed by atoms with van der Waals surface area (Å²) in [5, 5.41) is 5.78. The molecule has 0 spiro atoms. The van der Waals surface area contributed by atoms with Crippen molar-refractivity contribution in [3.05, 3.63) is 63.9 Å². The second-order valence-corrected chi connectivity index (χ2v) is 5.11. The normalized spacial score (nSPS) is 10.2. The van der Waals surface area contributed by atoms with Gasteiger partial charge < -0.3 is 10.6 Å². The first-order valence-corrected chi connectivity index (χ1v) is 6.89. The average molecular weight is 337 g/mol. The van der Waals surface area contributed by atoms with Gasteiger partial charge >= 0.3 is 0 Å². The summed E-state index contributed by atoms with van der Waals surface area (Å²) in [6, 6.07) is 11.8. The highest BCUT2D eigenvalue weighted by atomic mass is 79.9. The zero-order valence-corrected chi connectivity index (χ0v) is 12.5. The predicted molar refractivity (Wildman–Crippen MR) is 81.3 cm³/mol. The molecule has 2 N–H and O–H groups in total. The maximum absolute atomic E-state index is 13.0. The second kappa shape index (κ2) is 6.52. The Morgan fingerprint density at radius 3 is 2.50 bits per heavy atom. The number of anilines is 1. The summed E-state index contributed by atoms with van der Waals surface area (Å²) in [6.07, 6.45) is 0. The van der Waals surface area contributed by atoms with Crippen molar-refractivity contribution in [2.24, 2.45) is 0 Å². The maximum atomic E-state index is 13.0. The first-order chi connectivity index (χ1) is 9.60. The topological polar surface area (TPSA) is 41.1 Å². The van der Waals surface area contributed by atoms with E-state index in [1.54, 1.807) is 25.2 Å². The number of halogens is 2. The standard InChI is InChI=1S/C15H14BrFN2O/c1-18-15(20)11-4-2-10(3-5-11)9-19-14-7-6-12(17)8-13(14)16/h2-8,19H,9H2,1H3,(H,18,20). The lowest BCUT2D eigenvalue weighted by atomic mass is 10.1. The van der Waals surface area contributed by atoms with Gasteiger partial charge in [0.15, 0.2) is 0 Å². The zero-order chi connectivity index (χ0) is 14.5. The average Bonchev–Trinajstić information content (AvgIpc) is 2.46. The first-order valence-electron chi connectivity index (χ1n) is 6.10. The van der Waals surface area contributed by atoms with E-state index in [4.69, 9.17) is 0 Å². The fraction of sp³-hybridized carbons (Fsp3) is 0.133. The summed E-state index contributed by atoms with van der Waals surface area (Å²) in [4.78, 5) is 11.4. The van der Waals surface area contributed by atoms with Crippen molar-refractivity contribution in [2.75, 3.05) is 12.4 Å². The molecule has 0 aliphatic heterocycles. The van der Waals surface area contributed by atoms with Gasteiger partial charge in [-0.3, -0.25) is 4.79 Å². The molecule has 0 fully saturated rings. The third kappa shape index (κ3) is 3.57. The molecule has 0 atom stereocenters. The maximum Gasteiger partial charge on any atom is 0.251 e. The molecule has 2 rings (SSSR count). The fourth-order valence-electron chi connectivity index (χ4n) is 1.75. The van der Waals surface area contributed by atoms with Gasteiger partial charge in [-0.1, -0.05) is 12.1 Å². The van der Waals surface area contributed by atoms with E-state index in [1.807, 2.05) is 12.1 Å². The Morgan fingerprint density at radius 1 is 1.20 bits per heavy atom. The largest absolute Gasteiger partial charge is 0.380 e. The lowest BCUT2D eigenvalue weighted by Crippen LogP contribution is -2.17. The highest BCUT2D eigenvalue weighted by molar-refractivity contribution is 9.10. The Labute approximate surface area is 125 Å². The van der Waals surface area contributed by atoms with Crippen LogP contribution in [0.2, 0.25) is 0 Å². The van der Waals surface area contributed by atoms with Crippen LogP contribution in [0.3, 0.4) is 0 Å². The summed E-state index contributed by atoms with van der Waals surface area (Å²) in [7, 11) is 1.60.